The maximum absolute atomic E-state index is 12.5. The molecule has 5 heteroatoms. The van der Waals surface area contributed by atoms with Crippen molar-refractivity contribution in [1.29, 1.82) is 0 Å². The highest BCUT2D eigenvalue weighted by molar-refractivity contribution is 5.96. The van der Waals surface area contributed by atoms with Crippen LogP contribution in [0, 0.1) is 12.3 Å². The van der Waals surface area contributed by atoms with Crippen molar-refractivity contribution in [2.24, 2.45) is 10.2 Å². The largest absolute Gasteiger partial charge is 0.309 e. The Labute approximate surface area is 124 Å². The van der Waals surface area contributed by atoms with E-state index in [4.69, 9.17) is 6.42 Å². The molecule has 1 aromatic rings. The van der Waals surface area contributed by atoms with E-state index in [2.05, 4.69) is 28.1 Å². The molecule has 0 N–H and O–H groups in total. The molecule has 0 aliphatic carbocycles. The van der Waals surface area contributed by atoms with E-state index in [9.17, 15) is 4.79 Å². The number of anilines is 1. The fraction of sp³-hybridized carbons (Fsp3) is 0.500. The van der Waals surface area contributed by atoms with Gasteiger partial charge in [0.25, 0.3) is 0 Å². The first kappa shape index (κ1) is 13.7. The number of aromatic nitrogens is 1. The fourth-order valence-electron chi connectivity index (χ4n) is 2.93. The Bertz CT molecular complexity index is 625. The summed E-state index contributed by atoms with van der Waals surface area (Å²) in [4.78, 5) is 18.6. The van der Waals surface area contributed by atoms with Gasteiger partial charge in [0.1, 0.15) is 0 Å². The van der Waals surface area contributed by atoms with Crippen molar-refractivity contribution < 1.29 is 4.79 Å². The molecule has 1 unspecified atom stereocenters. The zero-order valence-electron chi connectivity index (χ0n) is 12.1. The summed E-state index contributed by atoms with van der Waals surface area (Å²) >= 11 is 0. The number of rotatable bonds is 5. The average molecular weight is 282 g/mol. The van der Waals surface area contributed by atoms with Crippen LogP contribution < -0.4 is 4.90 Å². The number of hydrogen-bond donors (Lipinski definition) is 0. The average Bonchev–Trinajstić information content (AvgIpc) is 3.18. The van der Waals surface area contributed by atoms with E-state index in [-0.39, 0.29) is 17.6 Å². The van der Waals surface area contributed by atoms with Gasteiger partial charge in [0, 0.05) is 44.1 Å². The number of hydrogen-bond acceptors (Lipinski definition) is 4. The molecule has 0 fully saturated rings. The van der Waals surface area contributed by atoms with Gasteiger partial charge in [-0.15, -0.1) is 12.3 Å². The van der Waals surface area contributed by atoms with Crippen molar-refractivity contribution in [3.05, 3.63) is 24.0 Å². The predicted molar refractivity (Wildman–Crippen MR) is 79.8 cm³/mol. The van der Waals surface area contributed by atoms with Gasteiger partial charge in [0.2, 0.25) is 5.91 Å². The topological polar surface area (TPSA) is 57.9 Å². The second-order valence-electron chi connectivity index (χ2n) is 5.71. The summed E-state index contributed by atoms with van der Waals surface area (Å²) in [6.07, 6.45) is 12.2. The van der Waals surface area contributed by atoms with Crippen molar-refractivity contribution in [3.8, 4) is 12.3 Å². The molecule has 0 bridgehead atoms. The number of nitrogens with zero attached hydrogens (tertiary/aromatic N) is 4. The van der Waals surface area contributed by atoms with Crippen LogP contribution in [0.25, 0.3) is 0 Å². The van der Waals surface area contributed by atoms with E-state index >= 15 is 0 Å². The second-order valence-corrected chi connectivity index (χ2v) is 5.71. The molecule has 3 heterocycles. The molecule has 0 radical (unpaired) electrons. The maximum atomic E-state index is 12.5. The molecular formula is C16H18N4O. The molecule has 0 spiro atoms. The van der Waals surface area contributed by atoms with Gasteiger partial charge in [0.05, 0.1) is 5.69 Å². The minimum absolute atomic E-state index is 0.129. The maximum Gasteiger partial charge on any atom is 0.227 e. The second kappa shape index (κ2) is 5.28. The molecular weight excluding hydrogens is 264 g/mol. The lowest BCUT2D eigenvalue weighted by molar-refractivity contribution is -0.119. The van der Waals surface area contributed by atoms with Crippen LogP contribution in [0.4, 0.5) is 5.69 Å². The summed E-state index contributed by atoms with van der Waals surface area (Å²) < 4.78 is 0. The van der Waals surface area contributed by atoms with Crippen LogP contribution in [0.15, 0.2) is 28.7 Å². The SMILES string of the molecule is C#CCCC1(CCC(=O)N2c3ccncc3CC2C)N=N1. The van der Waals surface area contributed by atoms with Gasteiger partial charge in [-0.1, -0.05) is 0 Å². The van der Waals surface area contributed by atoms with Crippen LogP contribution in [0.5, 0.6) is 0 Å². The van der Waals surface area contributed by atoms with E-state index in [1.54, 1.807) is 6.20 Å². The van der Waals surface area contributed by atoms with Crippen molar-refractivity contribution in [1.82, 2.24) is 4.98 Å². The lowest BCUT2D eigenvalue weighted by atomic mass is 10.0. The molecule has 21 heavy (non-hydrogen) atoms. The third kappa shape index (κ3) is 2.66. The van der Waals surface area contributed by atoms with Crippen molar-refractivity contribution in [2.45, 2.75) is 50.7 Å². The molecule has 1 atom stereocenters. The van der Waals surface area contributed by atoms with Crippen molar-refractivity contribution in [3.63, 3.8) is 0 Å². The van der Waals surface area contributed by atoms with Gasteiger partial charge >= 0.3 is 0 Å². The van der Waals surface area contributed by atoms with E-state index in [1.807, 2.05) is 17.2 Å². The molecule has 5 nitrogen and oxygen atoms in total. The highest BCUT2D eigenvalue weighted by atomic mass is 16.2. The lowest BCUT2D eigenvalue weighted by Crippen LogP contribution is -2.36. The first-order chi connectivity index (χ1) is 10.2. The number of terminal acetylenes is 1. The molecule has 2 aliphatic heterocycles. The Morgan fingerprint density at radius 2 is 2.33 bits per heavy atom. The lowest BCUT2D eigenvalue weighted by Gasteiger charge is -2.23. The summed E-state index contributed by atoms with van der Waals surface area (Å²) in [6.45, 7) is 2.07. The Balaban J connectivity index is 1.63. The zero-order valence-corrected chi connectivity index (χ0v) is 12.1. The summed E-state index contributed by atoms with van der Waals surface area (Å²) in [7, 11) is 0. The number of amides is 1. The molecule has 3 rings (SSSR count). The van der Waals surface area contributed by atoms with E-state index in [0.29, 0.717) is 19.3 Å². The summed E-state index contributed by atoms with van der Waals surface area (Å²) in [6, 6.07) is 2.10. The normalized spacial score (nSPS) is 21.0. The Kier molecular flexibility index (Phi) is 3.46. The monoisotopic (exact) mass is 282 g/mol. The van der Waals surface area contributed by atoms with E-state index < -0.39 is 0 Å². The van der Waals surface area contributed by atoms with Gasteiger partial charge in [-0.2, -0.15) is 10.2 Å². The zero-order chi connectivity index (χ0) is 14.9. The molecule has 0 saturated carbocycles. The number of pyridine rings is 1. The predicted octanol–water partition coefficient (Wildman–Crippen LogP) is 2.71. The van der Waals surface area contributed by atoms with Gasteiger partial charge in [-0.3, -0.25) is 9.78 Å². The molecule has 0 aromatic carbocycles. The number of carbonyl (C=O) groups is 1. The highest BCUT2D eigenvalue weighted by Crippen LogP contribution is 2.39. The fourth-order valence-corrected chi connectivity index (χ4v) is 2.93. The molecule has 0 saturated heterocycles. The van der Waals surface area contributed by atoms with Crippen molar-refractivity contribution in [2.75, 3.05) is 4.90 Å². The van der Waals surface area contributed by atoms with Crippen LogP contribution in [-0.2, 0) is 11.2 Å². The minimum Gasteiger partial charge on any atom is -0.309 e. The molecule has 1 aromatic heterocycles. The standard InChI is InChI=1S/C16H18N4O/c1-3-4-7-16(18-19-16)8-5-15(21)20-12(2)10-13-11-17-9-6-14(13)20/h1,6,9,11-12H,4-5,7-8,10H2,2H3. The van der Waals surface area contributed by atoms with Crippen LogP contribution in [0.1, 0.15) is 38.2 Å². The first-order valence-electron chi connectivity index (χ1n) is 7.28. The van der Waals surface area contributed by atoms with Crippen LogP contribution >= 0.6 is 0 Å². The highest BCUT2D eigenvalue weighted by Gasteiger charge is 2.40. The summed E-state index contributed by atoms with van der Waals surface area (Å²) in [5.41, 5.74) is 1.75. The Morgan fingerprint density at radius 3 is 3.05 bits per heavy atom. The van der Waals surface area contributed by atoms with E-state index in [1.165, 1.54) is 0 Å². The third-order valence-electron chi connectivity index (χ3n) is 4.15. The third-order valence-corrected chi connectivity index (χ3v) is 4.15. The summed E-state index contributed by atoms with van der Waals surface area (Å²) in [5.74, 6) is 2.73. The summed E-state index contributed by atoms with van der Waals surface area (Å²) in [5, 5.41) is 8.16. The van der Waals surface area contributed by atoms with Gasteiger partial charge in [-0.05, 0) is 25.0 Å². The molecule has 1 amide bonds. The smallest absolute Gasteiger partial charge is 0.227 e. The Hall–Kier alpha value is -2.22. The van der Waals surface area contributed by atoms with E-state index in [0.717, 1.165) is 24.1 Å². The number of fused-ring (bicyclic) bond motifs is 1. The van der Waals surface area contributed by atoms with Crippen molar-refractivity contribution >= 4 is 11.6 Å². The van der Waals surface area contributed by atoms with Crippen LogP contribution in [-0.4, -0.2) is 22.6 Å². The minimum atomic E-state index is -0.383. The number of carbonyl (C=O) groups excluding carboxylic acids is 1. The Morgan fingerprint density at radius 1 is 1.52 bits per heavy atom. The van der Waals surface area contributed by atoms with Gasteiger partial charge in [-0.25, -0.2) is 0 Å². The molecule has 108 valence electrons. The van der Waals surface area contributed by atoms with Gasteiger partial charge in [0.15, 0.2) is 5.66 Å². The van der Waals surface area contributed by atoms with Crippen LogP contribution in [0.2, 0.25) is 0 Å². The van der Waals surface area contributed by atoms with Gasteiger partial charge < -0.3 is 4.90 Å². The molecule has 2 aliphatic rings. The first-order valence-corrected chi connectivity index (χ1v) is 7.28. The van der Waals surface area contributed by atoms with Crippen LogP contribution in [0.3, 0.4) is 0 Å². The quantitative estimate of drug-likeness (QED) is 0.780.